The number of aliphatic hydroxyl groups is 4. The third-order valence-corrected chi connectivity index (χ3v) is 7.16. The van der Waals surface area contributed by atoms with E-state index in [1.807, 2.05) is 26.0 Å². The van der Waals surface area contributed by atoms with Gasteiger partial charge in [0.25, 0.3) is 0 Å². The van der Waals surface area contributed by atoms with Gasteiger partial charge in [-0.1, -0.05) is 24.3 Å². The Balaban J connectivity index is 1.89. The van der Waals surface area contributed by atoms with Crippen molar-refractivity contribution >= 4 is 11.8 Å². The Morgan fingerprint density at radius 1 is 0.931 bits per heavy atom. The predicted molar refractivity (Wildman–Crippen MR) is 116 cm³/mol. The quantitative estimate of drug-likeness (QED) is 0.576. The van der Waals surface area contributed by atoms with Crippen molar-refractivity contribution in [1.29, 1.82) is 0 Å². The number of aryl methyl sites for hydroxylation is 2. The first-order chi connectivity index (χ1) is 13.8. The van der Waals surface area contributed by atoms with Crippen molar-refractivity contribution in [3.63, 3.8) is 0 Å². The van der Waals surface area contributed by atoms with Gasteiger partial charge in [0.1, 0.15) is 11.9 Å². The van der Waals surface area contributed by atoms with E-state index in [0.717, 1.165) is 40.0 Å². The molecule has 0 spiro atoms. The SMILES string of the molecule is CCOc1ccc(Cc2cc([C@@H]3S[C@H](CO)[C@@H](O)[C@H](O)[C@H]3O)c(C)cc2C)cc1. The van der Waals surface area contributed by atoms with Gasteiger partial charge in [-0.05, 0) is 67.1 Å². The first-order valence-electron chi connectivity index (χ1n) is 9.98. The number of ether oxygens (including phenoxy) is 1. The Kier molecular flexibility index (Phi) is 7.24. The zero-order valence-corrected chi connectivity index (χ0v) is 17.9. The van der Waals surface area contributed by atoms with Gasteiger partial charge in [-0.25, -0.2) is 0 Å². The molecule has 1 aliphatic rings. The van der Waals surface area contributed by atoms with E-state index in [1.54, 1.807) is 0 Å². The summed E-state index contributed by atoms with van der Waals surface area (Å²) in [5.74, 6) is 0.849. The average Bonchev–Trinajstić information content (AvgIpc) is 2.70. The number of hydrogen-bond donors (Lipinski definition) is 4. The third kappa shape index (κ3) is 4.78. The van der Waals surface area contributed by atoms with Crippen LogP contribution in [-0.4, -0.2) is 57.2 Å². The second kappa shape index (κ2) is 9.49. The Morgan fingerprint density at radius 2 is 1.62 bits per heavy atom. The Morgan fingerprint density at radius 3 is 2.24 bits per heavy atom. The zero-order valence-electron chi connectivity index (χ0n) is 17.1. The molecule has 0 unspecified atom stereocenters. The zero-order chi connectivity index (χ0) is 21.1. The summed E-state index contributed by atoms with van der Waals surface area (Å²) < 4.78 is 5.51. The van der Waals surface area contributed by atoms with Crippen molar-refractivity contribution < 1.29 is 25.2 Å². The number of benzene rings is 2. The first-order valence-corrected chi connectivity index (χ1v) is 10.9. The number of rotatable bonds is 6. The van der Waals surface area contributed by atoms with Crippen LogP contribution in [0.5, 0.6) is 5.75 Å². The molecule has 3 rings (SSSR count). The highest BCUT2D eigenvalue weighted by atomic mass is 32.2. The van der Waals surface area contributed by atoms with Gasteiger partial charge in [0.15, 0.2) is 0 Å². The molecule has 4 N–H and O–H groups in total. The normalized spacial score (nSPS) is 27.1. The monoisotopic (exact) mass is 418 g/mol. The highest BCUT2D eigenvalue weighted by Gasteiger charge is 2.44. The van der Waals surface area contributed by atoms with Crippen molar-refractivity contribution in [3.8, 4) is 5.75 Å². The van der Waals surface area contributed by atoms with Crippen LogP contribution in [0.25, 0.3) is 0 Å². The van der Waals surface area contributed by atoms with Gasteiger partial charge in [0.05, 0.1) is 35.9 Å². The summed E-state index contributed by atoms with van der Waals surface area (Å²) in [4.78, 5) is 0. The molecular formula is C23H30O5S. The Hall–Kier alpha value is -1.57. The summed E-state index contributed by atoms with van der Waals surface area (Å²) in [6.07, 6.45) is -2.79. The Labute approximate surface area is 176 Å². The molecule has 6 heteroatoms. The molecule has 2 aromatic rings. The fourth-order valence-corrected chi connectivity index (χ4v) is 5.37. The van der Waals surface area contributed by atoms with E-state index in [0.29, 0.717) is 6.61 Å². The molecule has 5 nitrogen and oxygen atoms in total. The van der Waals surface area contributed by atoms with E-state index in [9.17, 15) is 20.4 Å². The lowest BCUT2D eigenvalue weighted by Gasteiger charge is -2.40. The molecule has 0 radical (unpaired) electrons. The van der Waals surface area contributed by atoms with E-state index in [2.05, 4.69) is 31.2 Å². The van der Waals surface area contributed by atoms with Crippen LogP contribution in [0.4, 0.5) is 0 Å². The maximum Gasteiger partial charge on any atom is 0.119 e. The standard InChI is InChI=1S/C23H30O5S/c1-4-28-17-7-5-15(6-8-17)10-16-11-18(14(3)9-13(16)2)23-22(27)21(26)20(25)19(12-24)29-23/h5-9,11,19-27H,4,10,12H2,1-3H3/t19-,20-,21+,22-,23+/m1/s1. The van der Waals surface area contributed by atoms with Crippen LogP contribution in [0, 0.1) is 13.8 Å². The highest BCUT2D eigenvalue weighted by Crippen LogP contribution is 2.44. The van der Waals surface area contributed by atoms with Crippen LogP contribution in [0.2, 0.25) is 0 Å². The summed E-state index contributed by atoms with van der Waals surface area (Å²) in [6, 6.07) is 12.2. The van der Waals surface area contributed by atoms with E-state index in [-0.39, 0.29) is 6.61 Å². The molecule has 1 heterocycles. The molecule has 1 saturated heterocycles. The van der Waals surface area contributed by atoms with E-state index in [1.165, 1.54) is 11.8 Å². The number of thioether (sulfide) groups is 1. The van der Waals surface area contributed by atoms with E-state index in [4.69, 9.17) is 4.74 Å². The van der Waals surface area contributed by atoms with Gasteiger partial charge in [-0.3, -0.25) is 0 Å². The molecule has 29 heavy (non-hydrogen) atoms. The molecule has 1 aliphatic heterocycles. The van der Waals surface area contributed by atoms with Gasteiger partial charge >= 0.3 is 0 Å². The van der Waals surface area contributed by atoms with Crippen LogP contribution in [0.15, 0.2) is 36.4 Å². The average molecular weight is 419 g/mol. The fraction of sp³-hybridized carbons (Fsp3) is 0.478. The minimum absolute atomic E-state index is 0.254. The second-order valence-corrected chi connectivity index (χ2v) is 9.02. The Bertz CT molecular complexity index is 821. The molecule has 5 atom stereocenters. The van der Waals surface area contributed by atoms with Gasteiger partial charge in [0, 0.05) is 0 Å². The minimum atomic E-state index is -1.28. The highest BCUT2D eigenvalue weighted by molar-refractivity contribution is 8.00. The summed E-state index contributed by atoms with van der Waals surface area (Å²) >= 11 is 1.32. The molecule has 0 bridgehead atoms. The second-order valence-electron chi connectivity index (χ2n) is 7.64. The predicted octanol–water partition coefficient (Wildman–Crippen LogP) is 2.52. The summed E-state index contributed by atoms with van der Waals surface area (Å²) in [5, 5.41) is 39.6. The van der Waals surface area contributed by atoms with E-state index < -0.39 is 28.8 Å². The minimum Gasteiger partial charge on any atom is -0.494 e. The molecule has 158 valence electrons. The molecule has 0 amide bonds. The van der Waals surface area contributed by atoms with Crippen molar-refractivity contribution in [2.24, 2.45) is 0 Å². The molecule has 0 aromatic heterocycles. The lowest BCUT2D eigenvalue weighted by Crippen LogP contribution is -2.51. The molecule has 2 aromatic carbocycles. The molecular weight excluding hydrogens is 388 g/mol. The number of aliphatic hydroxyl groups excluding tert-OH is 4. The van der Waals surface area contributed by atoms with Crippen LogP contribution in [0.3, 0.4) is 0 Å². The lowest BCUT2D eigenvalue weighted by atomic mass is 9.90. The van der Waals surface area contributed by atoms with Gasteiger partial charge in [0.2, 0.25) is 0 Å². The summed E-state index contributed by atoms with van der Waals surface area (Å²) in [7, 11) is 0. The first kappa shape index (κ1) is 22.1. The van der Waals surface area contributed by atoms with Crippen molar-refractivity contribution in [1.82, 2.24) is 0 Å². The fourth-order valence-electron chi connectivity index (χ4n) is 3.86. The van der Waals surface area contributed by atoms with Crippen LogP contribution >= 0.6 is 11.8 Å². The molecule has 0 saturated carbocycles. The third-order valence-electron chi connectivity index (χ3n) is 5.55. The molecule has 0 aliphatic carbocycles. The largest absolute Gasteiger partial charge is 0.494 e. The van der Waals surface area contributed by atoms with Crippen LogP contribution < -0.4 is 4.74 Å². The topological polar surface area (TPSA) is 90.2 Å². The lowest BCUT2D eigenvalue weighted by molar-refractivity contribution is -0.0700. The van der Waals surface area contributed by atoms with Gasteiger partial charge < -0.3 is 25.2 Å². The number of hydrogen-bond acceptors (Lipinski definition) is 6. The van der Waals surface area contributed by atoms with Gasteiger partial charge in [-0.15, -0.1) is 11.8 Å². The smallest absolute Gasteiger partial charge is 0.119 e. The summed E-state index contributed by atoms with van der Waals surface area (Å²) in [5.41, 5.74) is 5.42. The van der Waals surface area contributed by atoms with Crippen molar-refractivity contribution in [2.75, 3.05) is 13.2 Å². The van der Waals surface area contributed by atoms with Crippen molar-refractivity contribution in [3.05, 3.63) is 64.2 Å². The maximum absolute atomic E-state index is 10.6. The van der Waals surface area contributed by atoms with Crippen LogP contribution in [-0.2, 0) is 6.42 Å². The van der Waals surface area contributed by atoms with Gasteiger partial charge in [-0.2, -0.15) is 0 Å². The van der Waals surface area contributed by atoms with Crippen molar-refractivity contribution in [2.45, 2.75) is 56.0 Å². The molecule has 1 fully saturated rings. The maximum atomic E-state index is 10.6. The van der Waals surface area contributed by atoms with Crippen LogP contribution in [0.1, 0.15) is 40.0 Å². The summed E-state index contributed by atoms with van der Waals surface area (Å²) in [6.45, 7) is 6.40. The van der Waals surface area contributed by atoms with E-state index >= 15 is 0 Å².